The molecule has 0 bridgehead atoms. The molecule has 1 aromatic rings. The maximum Gasteiger partial charge on any atom is 0.254 e. The molecule has 3 heteroatoms. The van der Waals surface area contributed by atoms with Crippen molar-refractivity contribution in [3.05, 3.63) is 46.0 Å². The van der Waals surface area contributed by atoms with E-state index in [2.05, 4.69) is 26.0 Å². The van der Waals surface area contributed by atoms with E-state index in [1.54, 1.807) is 6.92 Å². The van der Waals surface area contributed by atoms with Gasteiger partial charge in [-0.15, -0.1) is 0 Å². The maximum absolute atomic E-state index is 13.0. The Labute approximate surface area is 139 Å². The molecule has 1 amide bonds. The van der Waals surface area contributed by atoms with E-state index in [4.69, 9.17) is 0 Å². The van der Waals surface area contributed by atoms with Crippen LogP contribution in [0.2, 0.25) is 0 Å². The van der Waals surface area contributed by atoms with E-state index in [1.165, 1.54) is 16.7 Å². The van der Waals surface area contributed by atoms with Gasteiger partial charge in [-0.25, -0.2) is 0 Å². The van der Waals surface area contributed by atoms with Gasteiger partial charge in [0.05, 0.1) is 0 Å². The summed E-state index contributed by atoms with van der Waals surface area (Å²) in [7, 11) is 0. The molecule has 0 saturated heterocycles. The zero-order valence-electron chi connectivity index (χ0n) is 14.7. The van der Waals surface area contributed by atoms with Crippen LogP contribution < -0.4 is 0 Å². The molecular weight excluding hydrogens is 286 g/mol. The maximum atomic E-state index is 13.0. The highest BCUT2D eigenvalue weighted by Gasteiger charge is 2.20. The number of aryl methyl sites for hydroxylation is 2. The van der Waals surface area contributed by atoms with Gasteiger partial charge in [0.1, 0.15) is 5.78 Å². The molecule has 1 aromatic carbocycles. The second-order valence-corrected chi connectivity index (χ2v) is 6.51. The SMILES string of the molecule is CCc1cc(C)c(C)c(C(=O)N2CCC=C(CC(C)=O)CC2)c1. The molecule has 23 heavy (non-hydrogen) atoms. The zero-order chi connectivity index (χ0) is 17.0. The highest BCUT2D eigenvalue weighted by molar-refractivity contribution is 5.96. The van der Waals surface area contributed by atoms with Crippen molar-refractivity contribution in [3.63, 3.8) is 0 Å². The standard InChI is InChI=1S/C20H27NO2/c1-5-17-11-14(2)16(4)19(13-17)20(23)21-9-6-7-18(8-10-21)12-15(3)22/h7,11,13H,5-6,8-10,12H2,1-4H3. The van der Waals surface area contributed by atoms with Gasteiger partial charge in [-0.3, -0.25) is 9.59 Å². The van der Waals surface area contributed by atoms with Crippen molar-refractivity contribution < 1.29 is 9.59 Å². The topological polar surface area (TPSA) is 37.4 Å². The highest BCUT2D eigenvalue weighted by atomic mass is 16.2. The summed E-state index contributed by atoms with van der Waals surface area (Å²) in [4.78, 5) is 26.2. The molecule has 0 aromatic heterocycles. The monoisotopic (exact) mass is 313 g/mol. The molecule has 0 fully saturated rings. The summed E-state index contributed by atoms with van der Waals surface area (Å²) in [6, 6.07) is 4.21. The Hall–Kier alpha value is -1.90. The van der Waals surface area contributed by atoms with Crippen molar-refractivity contribution >= 4 is 11.7 Å². The lowest BCUT2D eigenvalue weighted by Gasteiger charge is -2.22. The summed E-state index contributed by atoms with van der Waals surface area (Å²) < 4.78 is 0. The average Bonchev–Trinajstić information content (AvgIpc) is 2.74. The van der Waals surface area contributed by atoms with E-state index in [9.17, 15) is 9.59 Å². The fourth-order valence-electron chi connectivity index (χ4n) is 3.13. The summed E-state index contributed by atoms with van der Waals surface area (Å²) in [6.45, 7) is 9.26. The van der Waals surface area contributed by atoms with Crippen LogP contribution in [-0.4, -0.2) is 29.7 Å². The van der Waals surface area contributed by atoms with E-state index in [0.29, 0.717) is 13.0 Å². The van der Waals surface area contributed by atoms with Gasteiger partial charge in [-0.1, -0.05) is 24.6 Å². The largest absolute Gasteiger partial charge is 0.338 e. The minimum atomic E-state index is 0.123. The van der Waals surface area contributed by atoms with E-state index < -0.39 is 0 Å². The molecule has 2 rings (SSSR count). The molecule has 1 aliphatic heterocycles. The lowest BCUT2D eigenvalue weighted by atomic mass is 9.97. The van der Waals surface area contributed by atoms with Gasteiger partial charge in [-0.2, -0.15) is 0 Å². The van der Waals surface area contributed by atoms with Crippen molar-refractivity contribution in [1.82, 2.24) is 4.90 Å². The summed E-state index contributed by atoms with van der Waals surface area (Å²) in [5.74, 6) is 0.316. The number of amides is 1. The summed E-state index contributed by atoms with van der Waals surface area (Å²) in [6.07, 6.45) is 5.23. The molecule has 0 atom stereocenters. The molecule has 1 aliphatic rings. The number of nitrogens with zero attached hydrogens (tertiary/aromatic N) is 1. The van der Waals surface area contributed by atoms with Crippen LogP contribution >= 0.6 is 0 Å². The van der Waals surface area contributed by atoms with Crippen LogP contribution in [0, 0.1) is 13.8 Å². The van der Waals surface area contributed by atoms with E-state index in [1.807, 2.05) is 17.9 Å². The number of carbonyl (C=O) groups excluding carboxylic acids is 2. The average molecular weight is 313 g/mol. The second kappa shape index (κ2) is 7.58. The molecule has 124 valence electrons. The third-order valence-electron chi connectivity index (χ3n) is 4.66. The second-order valence-electron chi connectivity index (χ2n) is 6.51. The minimum absolute atomic E-state index is 0.123. The Bertz CT molecular complexity index is 643. The van der Waals surface area contributed by atoms with Crippen molar-refractivity contribution in [2.24, 2.45) is 0 Å². The van der Waals surface area contributed by atoms with Crippen LogP contribution in [0.25, 0.3) is 0 Å². The van der Waals surface area contributed by atoms with Gasteiger partial charge < -0.3 is 4.90 Å². The Morgan fingerprint density at radius 2 is 1.91 bits per heavy atom. The number of hydrogen-bond donors (Lipinski definition) is 0. The zero-order valence-corrected chi connectivity index (χ0v) is 14.7. The number of benzene rings is 1. The normalized spacial score (nSPS) is 15.1. The fourth-order valence-corrected chi connectivity index (χ4v) is 3.13. The number of carbonyl (C=O) groups is 2. The predicted octanol–water partition coefficient (Wildman–Crippen LogP) is 4.01. The summed E-state index contributed by atoms with van der Waals surface area (Å²) in [5.41, 5.74) is 5.47. The fraction of sp³-hybridized carbons (Fsp3) is 0.500. The highest BCUT2D eigenvalue weighted by Crippen LogP contribution is 2.21. The smallest absolute Gasteiger partial charge is 0.254 e. The lowest BCUT2D eigenvalue weighted by Crippen LogP contribution is -2.32. The van der Waals surface area contributed by atoms with Crippen LogP contribution in [0.15, 0.2) is 23.8 Å². The van der Waals surface area contributed by atoms with Gasteiger partial charge in [0.25, 0.3) is 5.91 Å². The summed E-state index contributed by atoms with van der Waals surface area (Å²) in [5, 5.41) is 0. The number of rotatable bonds is 4. The molecule has 0 aliphatic carbocycles. The van der Waals surface area contributed by atoms with Crippen molar-refractivity contribution in [2.45, 2.75) is 53.4 Å². The number of hydrogen-bond acceptors (Lipinski definition) is 2. The quantitative estimate of drug-likeness (QED) is 0.788. The van der Waals surface area contributed by atoms with Crippen LogP contribution in [0.5, 0.6) is 0 Å². The van der Waals surface area contributed by atoms with Crippen LogP contribution in [-0.2, 0) is 11.2 Å². The van der Waals surface area contributed by atoms with Gasteiger partial charge in [0.2, 0.25) is 0 Å². The van der Waals surface area contributed by atoms with Crippen LogP contribution in [0.4, 0.5) is 0 Å². The Morgan fingerprint density at radius 1 is 1.17 bits per heavy atom. The molecule has 0 spiro atoms. The predicted molar refractivity (Wildman–Crippen MR) is 93.8 cm³/mol. The molecule has 3 nitrogen and oxygen atoms in total. The third kappa shape index (κ3) is 4.31. The van der Waals surface area contributed by atoms with Gasteiger partial charge in [-0.05, 0) is 62.8 Å². The summed E-state index contributed by atoms with van der Waals surface area (Å²) >= 11 is 0. The first-order chi connectivity index (χ1) is 10.9. The molecule has 0 unspecified atom stereocenters. The Balaban J connectivity index is 2.16. The lowest BCUT2D eigenvalue weighted by molar-refractivity contribution is -0.116. The van der Waals surface area contributed by atoms with Crippen molar-refractivity contribution in [3.8, 4) is 0 Å². The number of ketones is 1. The third-order valence-corrected chi connectivity index (χ3v) is 4.66. The van der Waals surface area contributed by atoms with Crippen molar-refractivity contribution in [2.75, 3.05) is 13.1 Å². The first kappa shape index (κ1) is 17.5. The first-order valence-corrected chi connectivity index (χ1v) is 8.49. The molecule has 0 N–H and O–H groups in total. The molecule has 1 heterocycles. The first-order valence-electron chi connectivity index (χ1n) is 8.49. The molecular formula is C20H27NO2. The van der Waals surface area contributed by atoms with Gasteiger partial charge in [0, 0.05) is 25.1 Å². The number of Topliss-reactive ketones (excluding diaryl/α,β-unsaturated/α-hetero) is 1. The van der Waals surface area contributed by atoms with Crippen molar-refractivity contribution in [1.29, 1.82) is 0 Å². The Morgan fingerprint density at radius 3 is 2.57 bits per heavy atom. The van der Waals surface area contributed by atoms with Crippen LogP contribution in [0.3, 0.4) is 0 Å². The van der Waals surface area contributed by atoms with E-state index in [0.717, 1.165) is 36.9 Å². The van der Waals surface area contributed by atoms with Gasteiger partial charge in [0.15, 0.2) is 0 Å². The minimum Gasteiger partial charge on any atom is -0.338 e. The Kier molecular flexibility index (Phi) is 5.75. The van der Waals surface area contributed by atoms with E-state index >= 15 is 0 Å². The molecule has 0 saturated carbocycles. The molecule has 0 radical (unpaired) electrons. The van der Waals surface area contributed by atoms with Gasteiger partial charge >= 0.3 is 0 Å². The van der Waals surface area contributed by atoms with Crippen LogP contribution in [0.1, 0.15) is 60.2 Å². The van der Waals surface area contributed by atoms with E-state index in [-0.39, 0.29) is 11.7 Å².